The van der Waals surface area contributed by atoms with Crippen LogP contribution in [-0.2, 0) is 14.3 Å². The average molecular weight is 398 g/mol. The van der Waals surface area contributed by atoms with Gasteiger partial charge in [-0.05, 0) is 32.1 Å². The van der Waals surface area contributed by atoms with E-state index < -0.39 is 12.1 Å². The van der Waals surface area contributed by atoms with Crippen molar-refractivity contribution in [2.45, 2.75) is 96.5 Å². The van der Waals surface area contributed by atoms with Crippen LogP contribution in [0, 0.1) is 0 Å². The van der Waals surface area contributed by atoms with Crippen molar-refractivity contribution in [1.82, 2.24) is 0 Å². The fraction of sp³-hybridized carbons (Fsp3) is 0.826. The molecule has 0 saturated heterocycles. The van der Waals surface area contributed by atoms with Gasteiger partial charge < -0.3 is 19.1 Å². The maximum Gasteiger partial charge on any atom is 0.306 e. The van der Waals surface area contributed by atoms with Crippen molar-refractivity contribution in [3.8, 4) is 0 Å². The molecule has 0 aliphatic rings. The number of esters is 1. The highest BCUT2D eigenvalue weighted by atomic mass is 16.5. The molecular formula is C23H43NO4. The van der Waals surface area contributed by atoms with Gasteiger partial charge in [0.15, 0.2) is 6.10 Å². The van der Waals surface area contributed by atoms with E-state index in [1.807, 2.05) is 21.1 Å². The molecule has 0 heterocycles. The first-order valence-electron chi connectivity index (χ1n) is 11.1. The van der Waals surface area contributed by atoms with Crippen molar-refractivity contribution in [2.24, 2.45) is 0 Å². The number of nitrogens with zero attached hydrogens (tertiary/aromatic N) is 1. The summed E-state index contributed by atoms with van der Waals surface area (Å²) >= 11 is 0. The zero-order valence-electron chi connectivity index (χ0n) is 18.7. The standard InChI is InChI=1S/C23H43NO4/c1-5-6-7-8-9-10-11-12-13-14-15-16-17-18-23(27)28-21(19-22(25)26)20-24(2,3)4/h10-11,21H,5-9,12-20H2,1-4H3/b11-10-. The minimum atomic E-state index is -1.18. The summed E-state index contributed by atoms with van der Waals surface area (Å²) in [6.07, 6.45) is 17.1. The Kier molecular flexibility index (Phi) is 15.8. The van der Waals surface area contributed by atoms with Crippen LogP contribution in [0.2, 0.25) is 0 Å². The average Bonchev–Trinajstić information content (AvgIpc) is 2.56. The highest BCUT2D eigenvalue weighted by molar-refractivity contribution is 5.70. The van der Waals surface area contributed by atoms with E-state index in [0.717, 1.165) is 25.7 Å². The van der Waals surface area contributed by atoms with Crippen molar-refractivity contribution >= 4 is 11.9 Å². The topological polar surface area (TPSA) is 66.4 Å². The number of hydrogen-bond acceptors (Lipinski definition) is 4. The van der Waals surface area contributed by atoms with Crippen molar-refractivity contribution in [3.63, 3.8) is 0 Å². The summed E-state index contributed by atoms with van der Waals surface area (Å²) in [4.78, 5) is 22.8. The Morgan fingerprint density at radius 3 is 1.96 bits per heavy atom. The van der Waals surface area contributed by atoms with E-state index in [-0.39, 0.29) is 12.4 Å². The van der Waals surface area contributed by atoms with Gasteiger partial charge in [-0.15, -0.1) is 0 Å². The molecule has 0 bridgehead atoms. The van der Waals surface area contributed by atoms with E-state index in [9.17, 15) is 14.7 Å². The van der Waals surface area contributed by atoms with Crippen LogP contribution < -0.4 is 5.11 Å². The fourth-order valence-electron chi connectivity index (χ4n) is 3.17. The maximum atomic E-state index is 12.0. The summed E-state index contributed by atoms with van der Waals surface area (Å²) in [7, 11) is 5.83. The lowest BCUT2D eigenvalue weighted by Gasteiger charge is -2.29. The molecule has 0 aromatic heterocycles. The van der Waals surface area contributed by atoms with Crippen LogP contribution in [-0.4, -0.2) is 50.2 Å². The van der Waals surface area contributed by atoms with Gasteiger partial charge >= 0.3 is 5.97 Å². The first-order valence-corrected chi connectivity index (χ1v) is 11.1. The lowest BCUT2D eigenvalue weighted by atomic mass is 10.1. The number of likely N-dealkylation sites (N-methyl/N-ethyl adjacent to an activating group) is 1. The molecule has 0 aliphatic carbocycles. The lowest BCUT2D eigenvalue weighted by Crippen LogP contribution is -2.45. The van der Waals surface area contributed by atoms with Crippen molar-refractivity contribution in [3.05, 3.63) is 12.2 Å². The van der Waals surface area contributed by atoms with Gasteiger partial charge in [0, 0.05) is 18.8 Å². The Balaban J connectivity index is 3.72. The molecule has 28 heavy (non-hydrogen) atoms. The Morgan fingerprint density at radius 1 is 0.893 bits per heavy atom. The molecule has 164 valence electrons. The monoisotopic (exact) mass is 397 g/mol. The molecule has 0 aromatic carbocycles. The summed E-state index contributed by atoms with van der Waals surface area (Å²) in [5.74, 6) is -1.48. The summed E-state index contributed by atoms with van der Waals surface area (Å²) in [6.45, 7) is 2.70. The number of quaternary nitrogens is 1. The number of carboxylic acid groups (broad SMARTS) is 1. The van der Waals surface area contributed by atoms with Crippen LogP contribution in [0.25, 0.3) is 0 Å². The van der Waals surface area contributed by atoms with Crippen LogP contribution in [0.3, 0.4) is 0 Å². The van der Waals surface area contributed by atoms with E-state index in [1.54, 1.807) is 0 Å². The highest BCUT2D eigenvalue weighted by Gasteiger charge is 2.22. The number of hydrogen-bond donors (Lipinski definition) is 0. The predicted octanol–water partition coefficient (Wildman–Crippen LogP) is 4.00. The number of carboxylic acids is 1. The second kappa shape index (κ2) is 16.6. The predicted molar refractivity (Wildman–Crippen MR) is 113 cm³/mol. The van der Waals surface area contributed by atoms with E-state index in [1.165, 1.54) is 44.9 Å². The van der Waals surface area contributed by atoms with Crippen molar-refractivity contribution in [1.29, 1.82) is 0 Å². The molecule has 0 radical (unpaired) electrons. The third-order valence-corrected chi connectivity index (χ3v) is 4.59. The third-order valence-electron chi connectivity index (χ3n) is 4.59. The fourth-order valence-corrected chi connectivity index (χ4v) is 3.17. The Labute approximate surface area is 172 Å². The molecular weight excluding hydrogens is 354 g/mol. The quantitative estimate of drug-likeness (QED) is 0.152. The van der Waals surface area contributed by atoms with Crippen LogP contribution in [0.1, 0.15) is 90.4 Å². The third kappa shape index (κ3) is 19.4. The van der Waals surface area contributed by atoms with Crippen LogP contribution in [0.4, 0.5) is 0 Å². The highest BCUT2D eigenvalue weighted by Crippen LogP contribution is 2.11. The molecule has 0 aromatic rings. The molecule has 5 nitrogen and oxygen atoms in total. The Morgan fingerprint density at radius 2 is 1.43 bits per heavy atom. The molecule has 1 unspecified atom stereocenters. The minimum absolute atomic E-state index is 0.243. The number of unbranched alkanes of at least 4 members (excludes halogenated alkanes) is 9. The van der Waals surface area contributed by atoms with E-state index in [2.05, 4.69) is 19.1 Å². The molecule has 5 heteroatoms. The van der Waals surface area contributed by atoms with Gasteiger partial charge in [-0.2, -0.15) is 0 Å². The number of carbonyl (C=O) groups excluding carboxylic acids is 2. The number of aliphatic carboxylic acids is 1. The number of ether oxygens (including phenoxy) is 1. The molecule has 1 atom stereocenters. The minimum Gasteiger partial charge on any atom is -0.550 e. The van der Waals surface area contributed by atoms with E-state index >= 15 is 0 Å². The van der Waals surface area contributed by atoms with Gasteiger partial charge in [0.2, 0.25) is 0 Å². The normalized spacial score (nSPS) is 13.0. The molecule has 0 fully saturated rings. The molecule has 0 spiro atoms. The van der Waals surface area contributed by atoms with Gasteiger partial charge in [-0.25, -0.2) is 0 Å². The smallest absolute Gasteiger partial charge is 0.306 e. The van der Waals surface area contributed by atoms with E-state index in [4.69, 9.17) is 4.74 Å². The van der Waals surface area contributed by atoms with E-state index in [0.29, 0.717) is 17.4 Å². The maximum absolute atomic E-state index is 12.0. The SMILES string of the molecule is CCCCCC/C=C\CCCCCCCC(=O)OC(CC(=O)[O-])C[N+](C)(C)C. The van der Waals surface area contributed by atoms with Crippen LogP contribution in [0.15, 0.2) is 12.2 Å². The molecule has 0 saturated carbocycles. The Bertz CT molecular complexity index is 440. The summed E-state index contributed by atoms with van der Waals surface area (Å²) < 4.78 is 5.90. The lowest BCUT2D eigenvalue weighted by molar-refractivity contribution is -0.873. The largest absolute Gasteiger partial charge is 0.550 e. The zero-order valence-corrected chi connectivity index (χ0v) is 18.7. The second-order valence-electron chi connectivity index (χ2n) is 8.79. The van der Waals surface area contributed by atoms with Gasteiger partial charge in [-0.1, -0.05) is 57.6 Å². The summed E-state index contributed by atoms with van der Waals surface area (Å²) in [5.41, 5.74) is 0. The van der Waals surface area contributed by atoms with Crippen molar-refractivity contribution in [2.75, 3.05) is 27.7 Å². The van der Waals surface area contributed by atoms with Crippen LogP contribution in [0.5, 0.6) is 0 Å². The number of carbonyl (C=O) groups is 2. The summed E-state index contributed by atoms with van der Waals surface area (Å²) in [6, 6.07) is 0. The molecule has 0 N–H and O–H groups in total. The Hall–Kier alpha value is -1.36. The first kappa shape index (κ1) is 26.6. The summed E-state index contributed by atoms with van der Waals surface area (Å²) in [5, 5.41) is 10.8. The van der Waals surface area contributed by atoms with Gasteiger partial charge in [0.25, 0.3) is 0 Å². The van der Waals surface area contributed by atoms with Gasteiger partial charge in [0.1, 0.15) is 6.54 Å². The molecule has 0 amide bonds. The molecule has 0 rings (SSSR count). The zero-order chi connectivity index (χ0) is 21.3. The molecule has 0 aliphatic heterocycles. The first-order chi connectivity index (χ1) is 13.2. The number of allylic oxidation sites excluding steroid dienone is 2. The second-order valence-corrected chi connectivity index (χ2v) is 8.79. The van der Waals surface area contributed by atoms with Gasteiger partial charge in [0.05, 0.1) is 21.1 Å². The van der Waals surface area contributed by atoms with Gasteiger partial charge in [-0.3, -0.25) is 4.79 Å². The van der Waals surface area contributed by atoms with Crippen molar-refractivity contribution < 1.29 is 23.9 Å². The van der Waals surface area contributed by atoms with Crippen LogP contribution >= 0.6 is 0 Å². The number of rotatable bonds is 18.